The molecule has 1 aromatic rings. The number of nitrogen functional groups attached to an aromatic ring is 1. The molecule has 0 radical (unpaired) electrons. The smallest absolute Gasteiger partial charge is 0.242 e. The lowest BCUT2D eigenvalue weighted by Gasteiger charge is -2.34. The lowest BCUT2D eigenvalue weighted by molar-refractivity contribution is 0.301. The SMILES string of the molecule is CCOc1nc(C2CC2)nc(NC(C)(C)CC(C)(C)C)c1N. The van der Waals surface area contributed by atoms with Crippen LogP contribution in [0.25, 0.3) is 0 Å². The molecule has 1 aliphatic carbocycles. The van der Waals surface area contributed by atoms with E-state index in [1.165, 1.54) is 0 Å². The highest BCUT2D eigenvalue weighted by molar-refractivity contribution is 5.67. The highest BCUT2D eigenvalue weighted by Crippen LogP contribution is 2.41. The molecule has 3 N–H and O–H groups in total. The van der Waals surface area contributed by atoms with Crippen molar-refractivity contribution in [3.63, 3.8) is 0 Å². The van der Waals surface area contributed by atoms with Crippen LogP contribution in [0.2, 0.25) is 0 Å². The number of hydrogen-bond donors (Lipinski definition) is 2. The maximum absolute atomic E-state index is 6.22. The third-order valence-electron chi connectivity index (χ3n) is 3.58. The molecule has 1 heterocycles. The Hall–Kier alpha value is -1.52. The molecule has 1 aromatic heterocycles. The van der Waals surface area contributed by atoms with Crippen LogP contribution >= 0.6 is 0 Å². The monoisotopic (exact) mass is 306 g/mol. The van der Waals surface area contributed by atoms with Crippen molar-refractivity contribution in [2.75, 3.05) is 17.7 Å². The standard InChI is InChI=1S/C17H30N4O/c1-7-22-15-12(18)14(19-13(20-15)11-8-9-11)21-17(5,6)10-16(2,3)4/h11H,7-10,18H2,1-6H3,(H,19,20,21). The third-order valence-corrected chi connectivity index (χ3v) is 3.58. The highest BCUT2D eigenvalue weighted by Gasteiger charge is 2.31. The van der Waals surface area contributed by atoms with Crippen LogP contribution in [-0.2, 0) is 0 Å². The van der Waals surface area contributed by atoms with Crippen molar-refractivity contribution in [3.05, 3.63) is 5.82 Å². The van der Waals surface area contributed by atoms with Crippen molar-refractivity contribution in [2.45, 2.75) is 72.3 Å². The molecule has 0 amide bonds. The van der Waals surface area contributed by atoms with E-state index in [4.69, 9.17) is 10.5 Å². The maximum Gasteiger partial charge on any atom is 0.242 e. The molecule has 5 nitrogen and oxygen atoms in total. The first kappa shape index (κ1) is 16.8. The molecule has 0 unspecified atom stereocenters. The second kappa shape index (κ2) is 5.94. The van der Waals surface area contributed by atoms with Gasteiger partial charge in [-0.05, 0) is 45.4 Å². The van der Waals surface area contributed by atoms with Crippen LogP contribution < -0.4 is 15.8 Å². The van der Waals surface area contributed by atoms with Crippen LogP contribution in [0.4, 0.5) is 11.5 Å². The van der Waals surface area contributed by atoms with E-state index in [1.54, 1.807) is 0 Å². The van der Waals surface area contributed by atoms with Gasteiger partial charge in [0.1, 0.15) is 11.5 Å². The fourth-order valence-electron chi connectivity index (χ4n) is 3.02. The Bertz CT molecular complexity index is 530. The van der Waals surface area contributed by atoms with Gasteiger partial charge in [-0.3, -0.25) is 0 Å². The van der Waals surface area contributed by atoms with Crippen LogP contribution in [-0.4, -0.2) is 22.1 Å². The second-order valence-electron chi connectivity index (χ2n) is 8.10. The lowest BCUT2D eigenvalue weighted by atomic mass is 9.82. The quantitative estimate of drug-likeness (QED) is 0.832. The summed E-state index contributed by atoms with van der Waals surface area (Å²) in [5, 5.41) is 3.51. The summed E-state index contributed by atoms with van der Waals surface area (Å²) >= 11 is 0. The summed E-state index contributed by atoms with van der Waals surface area (Å²) in [5.41, 5.74) is 6.84. The molecule has 0 aliphatic heterocycles. The Morgan fingerprint density at radius 3 is 2.32 bits per heavy atom. The summed E-state index contributed by atoms with van der Waals surface area (Å²) < 4.78 is 5.60. The van der Waals surface area contributed by atoms with Gasteiger partial charge in [-0.25, -0.2) is 4.98 Å². The zero-order valence-corrected chi connectivity index (χ0v) is 14.8. The number of rotatable bonds is 6. The molecule has 1 aliphatic rings. The van der Waals surface area contributed by atoms with Gasteiger partial charge in [-0.15, -0.1) is 0 Å². The minimum atomic E-state index is -0.106. The Morgan fingerprint density at radius 2 is 1.82 bits per heavy atom. The van der Waals surface area contributed by atoms with E-state index in [0.29, 0.717) is 29.9 Å². The minimum Gasteiger partial charge on any atom is -0.476 e. The maximum atomic E-state index is 6.22. The average molecular weight is 306 g/mol. The predicted molar refractivity (Wildman–Crippen MR) is 91.4 cm³/mol. The van der Waals surface area contributed by atoms with Crippen molar-refractivity contribution in [2.24, 2.45) is 5.41 Å². The van der Waals surface area contributed by atoms with Crippen molar-refractivity contribution < 1.29 is 4.74 Å². The van der Waals surface area contributed by atoms with Gasteiger partial charge in [-0.1, -0.05) is 20.8 Å². The lowest BCUT2D eigenvalue weighted by Crippen LogP contribution is -2.36. The summed E-state index contributed by atoms with van der Waals surface area (Å²) in [7, 11) is 0. The molecule has 5 heteroatoms. The molecule has 1 saturated carbocycles. The molecule has 0 spiro atoms. The van der Waals surface area contributed by atoms with E-state index in [-0.39, 0.29) is 11.0 Å². The number of anilines is 2. The molecule has 1 fully saturated rings. The van der Waals surface area contributed by atoms with Gasteiger partial charge >= 0.3 is 0 Å². The van der Waals surface area contributed by atoms with Crippen molar-refractivity contribution in [1.82, 2.24) is 9.97 Å². The van der Waals surface area contributed by atoms with E-state index in [9.17, 15) is 0 Å². The topological polar surface area (TPSA) is 73.1 Å². The number of ether oxygens (including phenoxy) is 1. The predicted octanol–water partition coefficient (Wildman–Crippen LogP) is 3.96. The molecular weight excluding hydrogens is 276 g/mol. The largest absolute Gasteiger partial charge is 0.476 e. The minimum absolute atomic E-state index is 0.106. The zero-order valence-electron chi connectivity index (χ0n) is 14.8. The second-order valence-corrected chi connectivity index (χ2v) is 8.10. The Balaban J connectivity index is 2.28. The summed E-state index contributed by atoms with van der Waals surface area (Å²) in [6, 6.07) is 0. The number of aromatic nitrogens is 2. The molecule has 0 atom stereocenters. The molecule has 0 saturated heterocycles. The molecule has 0 aromatic carbocycles. The van der Waals surface area contributed by atoms with Gasteiger partial charge in [0.2, 0.25) is 5.88 Å². The summed E-state index contributed by atoms with van der Waals surface area (Å²) in [5.74, 6) is 2.53. The Labute approximate surface area is 134 Å². The summed E-state index contributed by atoms with van der Waals surface area (Å²) in [6.07, 6.45) is 3.31. The van der Waals surface area contributed by atoms with Crippen LogP contribution in [0.5, 0.6) is 5.88 Å². The molecular formula is C17H30N4O. The third kappa shape index (κ3) is 4.49. The van der Waals surface area contributed by atoms with Gasteiger partial charge in [0.25, 0.3) is 0 Å². The molecule has 2 rings (SSSR count). The number of nitrogens with one attached hydrogen (secondary N) is 1. The Morgan fingerprint density at radius 1 is 1.18 bits per heavy atom. The number of hydrogen-bond acceptors (Lipinski definition) is 5. The average Bonchev–Trinajstić information content (AvgIpc) is 3.14. The van der Waals surface area contributed by atoms with Crippen LogP contribution in [0, 0.1) is 5.41 Å². The van der Waals surface area contributed by atoms with Gasteiger partial charge in [0.05, 0.1) is 6.61 Å². The van der Waals surface area contributed by atoms with Gasteiger partial charge < -0.3 is 15.8 Å². The fourth-order valence-corrected chi connectivity index (χ4v) is 3.02. The number of nitrogens with zero attached hydrogens (tertiary/aromatic N) is 2. The van der Waals surface area contributed by atoms with Gasteiger partial charge in [0, 0.05) is 11.5 Å². The first-order chi connectivity index (χ1) is 10.1. The first-order valence-corrected chi connectivity index (χ1v) is 8.20. The zero-order chi connectivity index (χ0) is 16.5. The normalized spacial score (nSPS) is 15.7. The first-order valence-electron chi connectivity index (χ1n) is 8.20. The van der Waals surface area contributed by atoms with Crippen molar-refractivity contribution in [1.29, 1.82) is 0 Å². The van der Waals surface area contributed by atoms with E-state index < -0.39 is 0 Å². The van der Waals surface area contributed by atoms with Crippen molar-refractivity contribution in [3.8, 4) is 5.88 Å². The molecule has 22 heavy (non-hydrogen) atoms. The highest BCUT2D eigenvalue weighted by atomic mass is 16.5. The van der Waals surface area contributed by atoms with E-state index in [2.05, 4.69) is 49.9 Å². The molecule has 124 valence electrons. The van der Waals surface area contributed by atoms with E-state index in [1.807, 2.05) is 6.92 Å². The van der Waals surface area contributed by atoms with Crippen LogP contribution in [0.1, 0.15) is 72.5 Å². The van der Waals surface area contributed by atoms with Gasteiger partial charge in [0.15, 0.2) is 5.82 Å². The van der Waals surface area contributed by atoms with E-state index in [0.717, 1.165) is 25.1 Å². The van der Waals surface area contributed by atoms with E-state index >= 15 is 0 Å². The van der Waals surface area contributed by atoms with Crippen LogP contribution in [0.15, 0.2) is 0 Å². The summed E-state index contributed by atoms with van der Waals surface area (Å²) in [6.45, 7) is 13.6. The van der Waals surface area contributed by atoms with Crippen molar-refractivity contribution >= 4 is 11.5 Å². The van der Waals surface area contributed by atoms with Crippen LogP contribution in [0.3, 0.4) is 0 Å². The number of nitrogens with two attached hydrogens (primary N) is 1. The molecule has 0 bridgehead atoms. The fraction of sp³-hybridized carbons (Fsp3) is 0.765. The summed E-state index contributed by atoms with van der Waals surface area (Å²) in [4.78, 5) is 9.16. The Kier molecular flexibility index (Phi) is 4.54. The van der Waals surface area contributed by atoms with Gasteiger partial charge in [-0.2, -0.15) is 4.98 Å².